The van der Waals surface area contributed by atoms with Crippen molar-refractivity contribution in [2.45, 2.75) is 0 Å². The average molecular weight is 515 g/mol. The number of hydrogen-bond acceptors (Lipinski definition) is 5. The highest BCUT2D eigenvalue weighted by molar-refractivity contribution is 9.10. The minimum Gasteiger partial charge on any atom is -0.451 e. The molecule has 4 aromatic rings. The molecular formula is C23H14BrClFN3O3. The van der Waals surface area contributed by atoms with E-state index < -0.39 is 18.4 Å². The monoisotopic (exact) mass is 513 g/mol. The number of ether oxygens (including phenoxy) is 1. The van der Waals surface area contributed by atoms with Crippen molar-refractivity contribution >= 4 is 39.3 Å². The van der Waals surface area contributed by atoms with Crippen molar-refractivity contribution in [3.8, 4) is 17.1 Å². The van der Waals surface area contributed by atoms with Crippen LogP contribution in [-0.2, 0) is 4.74 Å². The second kappa shape index (κ2) is 9.42. The second-order valence-corrected chi connectivity index (χ2v) is 8.01. The van der Waals surface area contributed by atoms with Crippen LogP contribution in [0.1, 0.15) is 21.0 Å². The number of benzene rings is 3. The number of Topliss-reactive ketones (excluding diaryl/α,β-unsaturated/α-hetero) is 1. The maximum absolute atomic E-state index is 13.4. The summed E-state index contributed by atoms with van der Waals surface area (Å²) >= 11 is 9.26. The van der Waals surface area contributed by atoms with Gasteiger partial charge in [-0.25, -0.2) is 18.9 Å². The van der Waals surface area contributed by atoms with E-state index in [1.807, 2.05) is 0 Å². The summed E-state index contributed by atoms with van der Waals surface area (Å²) < 4.78 is 20.8. The molecule has 0 aliphatic rings. The molecule has 0 amide bonds. The number of esters is 1. The fourth-order valence-corrected chi connectivity index (χ4v) is 3.25. The largest absolute Gasteiger partial charge is 0.451 e. The van der Waals surface area contributed by atoms with Gasteiger partial charge in [-0.1, -0.05) is 39.7 Å². The van der Waals surface area contributed by atoms with Crippen molar-refractivity contribution in [2.24, 2.45) is 0 Å². The van der Waals surface area contributed by atoms with Gasteiger partial charge in [0.15, 0.2) is 18.2 Å². The summed E-state index contributed by atoms with van der Waals surface area (Å²) in [6, 6.07) is 19.1. The maximum Gasteiger partial charge on any atom is 0.378 e. The molecule has 0 radical (unpaired) electrons. The Morgan fingerprint density at radius 2 is 1.62 bits per heavy atom. The van der Waals surface area contributed by atoms with E-state index in [-0.39, 0.29) is 11.6 Å². The number of ketones is 1. The molecule has 32 heavy (non-hydrogen) atoms. The Morgan fingerprint density at radius 1 is 0.969 bits per heavy atom. The van der Waals surface area contributed by atoms with Crippen molar-refractivity contribution in [1.29, 1.82) is 0 Å². The van der Waals surface area contributed by atoms with Gasteiger partial charge < -0.3 is 4.74 Å². The molecule has 0 N–H and O–H groups in total. The van der Waals surface area contributed by atoms with Gasteiger partial charge in [-0.3, -0.25) is 4.79 Å². The van der Waals surface area contributed by atoms with Crippen LogP contribution in [0, 0.1) is 5.82 Å². The zero-order chi connectivity index (χ0) is 22.7. The van der Waals surface area contributed by atoms with E-state index in [9.17, 15) is 14.0 Å². The Balaban J connectivity index is 1.60. The van der Waals surface area contributed by atoms with Gasteiger partial charge in [0.25, 0.3) is 5.82 Å². The minimum atomic E-state index is -0.855. The standard InChI is InChI=1S/C23H14BrClFN3O3/c24-16-5-1-14(2-6-16)20(30)13-32-23(31)21-27-22(15-3-9-18(26)10-4-15)29(28-21)19-11-7-17(25)8-12-19/h1-12H,13H2. The second-order valence-electron chi connectivity index (χ2n) is 6.66. The van der Waals surface area contributed by atoms with Crippen LogP contribution in [0.15, 0.2) is 77.3 Å². The first kappa shape index (κ1) is 21.9. The van der Waals surface area contributed by atoms with Crippen molar-refractivity contribution in [1.82, 2.24) is 14.8 Å². The zero-order valence-electron chi connectivity index (χ0n) is 16.3. The molecule has 0 bridgehead atoms. The van der Waals surface area contributed by atoms with Crippen LogP contribution >= 0.6 is 27.5 Å². The average Bonchev–Trinajstić information content (AvgIpc) is 3.24. The molecule has 160 valence electrons. The first-order valence-corrected chi connectivity index (χ1v) is 10.5. The van der Waals surface area contributed by atoms with Gasteiger partial charge in [0.05, 0.1) is 5.69 Å². The molecular weight excluding hydrogens is 501 g/mol. The lowest BCUT2D eigenvalue weighted by atomic mass is 10.1. The molecule has 3 aromatic carbocycles. The summed E-state index contributed by atoms with van der Waals surface area (Å²) in [5.74, 6) is -1.55. The Kier molecular flexibility index (Phi) is 6.43. The first-order valence-electron chi connectivity index (χ1n) is 9.35. The molecule has 0 saturated heterocycles. The van der Waals surface area contributed by atoms with Crippen LogP contribution in [0.5, 0.6) is 0 Å². The van der Waals surface area contributed by atoms with Gasteiger partial charge in [-0.15, -0.1) is 5.10 Å². The van der Waals surface area contributed by atoms with Crippen molar-refractivity contribution in [3.63, 3.8) is 0 Å². The quantitative estimate of drug-likeness (QED) is 0.250. The highest BCUT2D eigenvalue weighted by Gasteiger charge is 2.21. The molecule has 1 aromatic heterocycles. The number of nitrogens with zero attached hydrogens (tertiary/aromatic N) is 3. The summed E-state index contributed by atoms with van der Waals surface area (Å²) in [7, 11) is 0. The molecule has 0 spiro atoms. The molecule has 0 saturated carbocycles. The van der Waals surface area contributed by atoms with E-state index in [0.29, 0.717) is 27.7 Å². The Morgan fingerprint density at radius 3 is 2.28 bits per heavy atom. The molecule has 0 atom stereocenters. The molecule has 9 heteroatoms. The lowest BCUT2D eigenvalue weighted by molar-refractivity contribution is 0.0462. The van der Waals surface area contributed by atoms with Crippen LogP contribution in [0.4, 0.5) is 4.39 Å². The molecule has 0 aliphatic carbocycles. The number of carbonyl (C=O) groups excluding carboxylic acids is 2. The maximum atomic E-state index is 13.4. The smallest absolute Gasteiger partial charge is 0.378 e. The van der Waals surface area contributed by atoms with Crippen LogP contribution in [0.2, 0.25) is 5.02 Å². The SMILES string of the molecule is O=C(COC(=O)c1nc(-c2ccc(F)cc2)n(-c2ccc(Cl)cc2)n1)c1ccc(Br)cc1. The van der Waals surface area contributed by atoms with Gasteiger partial charge in [0, 0.05) is 20.6 Å². The third kappa shape index (κ3) is 4.92. The highest BCUT2D eigenvalue weighted by Crippen LogP contribution is 2.23. The number of halogens is 3. The number of rotatable bonds is 6. The van der Waals surface area contributed by atoms with E-state index >= 15 is 0 Å². The first-order chi connectivity index (χ1) is 15.4. The molecule has 0 unspecified atom stereocenters. The van der Waals surface area contributed by atoms with Crippen LogP contribution in [-0.4, -0.2) is 33.1 Å². The lowest BCUT2D eigenvalue weighted by Crippen LogP contribution is -2.15. The predicted octanol–water partition coefficient (Wildman–Crippen LogP) is 5.53. The van der Waals surface area contributed by atoms with Crippen LogP contribution < -0.4 is 0 Å². The fraction of sp³-hybridized carbons (Fsp3) is 0.0435. The van der Waals surface area contributed by atoms with E-state index in [1.165, 1.54) is 28.9 Å². The van der Waals surface area contributed by atoms with E-state index in [0.717, 1.165) is 4.47 Å². The van der Waals surface area contributed by atoms with Crippen molar-refractivity contribution < 1.29 is 18.7 Å². The highest BCUT2D eigenvalue weighted by atomic mass is 79.9. The van der Waals surface area contributed by atoms with E-state index in [4.69, 9.17) is 16.3 Å². The molecule has 4 rings (SSSR count). The lowest BCUT2D eigenvalue weighted by Gasteiger charge is -2.06. The zero-order valence-corrected chi connectivity index (χ0v) is 18.7. The number of aromatic nitrogens is 3. The van der Waals surface area contributed by atoms with Crippen LogP contribution in [0.3, 0.4) is 0 Å². The van der Waals surface area contributed by atoms with Crippen molar-refractivity contribution in [2.75, 3.05) is 6.61 Å². The Labute approximate surface area is 195 Å². The number of hydrogen-bond donors (Lipinski definition) is 0. The summed E-state index contributed by atoms with van der Waals surface area (Å²) in [6.45, 7) is -0.457. The predicted molar refractivity (Wildman–Crippen MR) is 121 cm³/mol. The molecule has 1 heterocycles. The van der Waals surface area contributed by atoms with Crippen LogP contribution in [0.25, 0.3) is 17.1 Å². The normalized spacial score (nSPS) is 10.7. The minimum absolute atomic E-state index is 0.233. The third-order valence-electron chi connectivity index (χ3n) is 4.46. The van der Waals surface area contributed by atoms with Gasteiger partial charge in [-0.05, 0) is 60.7 Å². The summed E-state index contributed by atoms with van der Waals surface area (Å²) in [6.07, 6.45) is 0. The molecule has 0 aliphatic heterocycles. The Hall–Kier alpha value is -3.36. The third-order valence-corrected chi connectivity index (χ3v) is 5.24. The molecule has 0 fully saturated rings. The van der Waals surface area contributed by atoms with Gasteiger partial charge in [-0.2, -0.15) is 0 Å². The summed E-state index contributed by atoms with van der Waals surface area (Å²) in [5.41, 5.74) is 1.54. The summed E-state index contributed by atoms with van der Waals surface area (Å²) in [5, 5.41) is 4.78. The molecule has 6 nitrogen and oxygen atoms in total. The number of carbonyl (C=O) groups is 2. The van der Waals surface area contributed by atoms with Crippen molar-refractivity contribution in [3.05, 3.63) is 99.5 Å². The summed E-state index contributed by atoms with van der Waals surface area (Å²) in [4.78, 5) is 29.1. The van der Waals surface area contributed by atoms with Gasteiger partial charge >= 0.3 is 5.97 Å². The van der Waals surface area contributed by atoms with Gasteiger partial charge in [0.2, 0.25) is 0 Å². The fourth-order valence-electron chi connectivity index (χ4n) is 2.86. The van der Waals surface area contributed by atoms with E-state index in [1.54, 1.807) is 48.5 Å². The van der Waals surface area contributed by atoms with E-state index in [2.05, 4.69) is 26.0 Å². The Bertz CT molecular complexity index is 1210. The topological polar surface area (TPSA) is 74.1 Å². The van der Waals surface area contributed by atoms with Gasteiger partial charge in [0.1, 0.15) is 5.82 Å².